The average molecular weight is 459 g/mol. The molecule has 1 atom stereocenters. The third-order valence-corrected chi connectivity index (χ3v) is 6.05. The molecule has 2 heterocycles. The van der Waals surface area contributed by atoms with Crippen molar-refractivity contribution in [1.29, 1.82) is 0 Å². The molecule has 0 radical (unpaired) electrons. The number of amides is 1. The van der Waals surface area contributed by atoms with E-state index in [1.165, 1.54) is 5.56 Å². The van der Waals surface area contributed by atoms with Gasteiger partial charge in [0.1, 0.15) is 11.3 Å². The molecule has 2 aromatic carbocycles. The van der Waals surface area contributed by atoms with Crippen LogP contribution in [0.4, 0.5) is 0 Å². The molecule has 0 saturated carbocycles. The number of carbonyl (C=O) groups is 1. The molecular formula is C27H30N4O3. The summed E-state index contributed by atoms with van der Waals surface area (Å²) in [6.07, 6.45) is 3.63. The second-order valence-electron chi connectivity index (χ2n) is 8.75. The van der Waals surface area contributed by atoms with E-state index < -0.39 is 0 Å². The Morgan fingerprint density at radius 3 is 2.32 bits per heavy atom. The van der Waals surface area contributed by atoms with E-state index >= 15 is 0 Å². The molecule has 176 valence electrons. The largest absolute Gasteiger partial charge is 0.497 e. The first-order chi connectivity index (χ1) is 16.4. The highest BCUT2D eigenvalue weighted by atomic mass is 16.5. The summed E-state index contributed by atoms with van der Waals surface area (Å²) in [5, 5.41) is 7.54. The van der Waals surface area contributed by atoms with E-state index in [-0.39, 0.29) is 23.9 Å². The molecule has 4 rings (SSSR count). The van der Waals surface area contributed by atoms with E-state index in [4.69, 9.17) is 4.74 Å². The van der Waals surface area contributed by atoms with Gasteiger partial charge < -0.3 is 14.6 Å². The Bertz CT molecular complexity index is 1340. The van der Waals surface area contributed by atoms with Crippen molar-refractivity contribution in [2.75, 3.05) is 7.11 Å². The first kappa shape index (κ1) is 23.3. The average Bonchev–Trinajstić information content (AvgIpc) is 3.29. The van der Waals surface area contributed by atoms with Crippen LogP contribution in [0.3, 0.4) is 0 Å². The second kappa shape index (κ2) is 9.95. The lowest BCUT2D eigenvalue weighted by atomic mass is 10.0. The van der Waals surface area contributed by atoms with Crippen molar-refractivity contribution in [1.82, 2.24) is 19.5 Å². The molecule has 0 aliphatic carbocycles. The number of methoxy groups -OCH3 is 1. The molecule has 1 amide bonds. The highest BCUT2D eigenvalue weighted by molar-refractivity contribution is 5.76. The fourth-order valence-corrected chi connectivity index (χ4v) is 3.89. The van der Waals surface area contributed by atoms with Crippen LogP contribution in [0.15, 0.2) is 71.8 Å². The molecule has 7 nitrogen and oxygen atoms in total. The molecule has 1 N–H and O–H groups in total. The van der Waals surface area contributed by atoms with E-state index in [1.54, 1.807) is 34.7 Å². The Balaban J connectivity index is 1.43. The lowest BCUT2D eigenvalue weighted by Gasteiger charge is -2.15. The van der Waals surface area contributed by atoms with Crippen molar-refractivity contribution < 1.29 is 9.53 Å². The van der Waals surface area contributed by atoms with Gasteiger partial charge in [-0.3, -0.25) is 9.59 Å². The summed E-state index contributed by atoms with van der Waals surface area (Å²) in [5.41, 5.74) is 4.27. The summed E-state index contributed by atoms with van der Waals surface area (Å²) in [6.45, 7) is 6.53. The predicted molar refractivity (Wildman–Crippen MR) is 133 cm³/mol. The van der Waals surface area contributed by atoms with E-state index in [0.717, 1.165) is 22.6 Å². The first-order valence-corrected chi connectivity index (χ1v) is 11.5. The summed E-state index contributed by atoms with van der Waals surface area (Å²) in [4.78, 5) is 25.5. The number of fused-ring (bicyclic) bond motifs is 1. The van der Waals surface area contributed by atoms with Crippen molar-refractivity contribution in [2.24, 2.45) is 0 Å². The van der Waals surface area contributed by atoms with Crippen LogP contribution in [-0.4, -0.2) is 27.2 Å². The zero-order chi connectivity index (χ0) is 24.2. The molecule has 0 saturated heterocycles. The lowest BCUT2D eigenvalue weighted by Crippen LogP contribution is -2.29. The minimum atomic E-state index is -0.170. The SMILES string of the molecule is COc1ccc(C(C)NC(=O)CCn2ccn3nc(-c4ccc(C(C)C)cc4)cc3c2=O)cc1. The topological polar surface area (TPSA) is 77.6 Å². The van der Waals surface area contributed by atoms with E-state index in [9.17, 15) is 9.59 Å². The minimum absolute atomic E-state index is 0.116. The zero-order valence-corrected chi connectivity index (χ0v) is 20.0. The van der Waals surface area contributed by atoms with Crippen LogP contribution in [0.2, 0.25) is 0 Å². The number of aryl methyl sites for hydroxylation is 1. The molecule has 0 spiro atoms. The van der Waals surface area contributed by atoms with Crippen LogP contribution in [0.1, 0.15) is 50.3 Å². The second-order valence-corrected chi connectivity index (χ2v) is 8.75. The normalized spacial score (nSPS) is 12.1. The molecule has 34 heavy (non-hydrogen) atoms. The third-order valence-electron chi connectivity index (χ3n) is 6.05. The summed E-state index contributed by atoms with van der Waals surface area (Å²) in [7, 11) is 1.62. The molecular weight excluding hydrogens is 428 g/mol. The molecule has 0 fully saturated rings. The Hall–Kier alpha value is -3.87. The van der Waals surface area contributed by atoms with Crippen molar-refractivity contribution in [2.45, 2.75) is 45.7 Å². The van der Waals surface area contributed by atoms with Gasteiger partial charge in [0.15, 0.2) is 0 Å². The molecule has 2 aromatic heterocycles. The van der Waals surface area contributed by atoms with Gasteiger partial charge in [0.2, 0.25) is 5.91 Å². The van der Waals surface area contributed by atoms with Crippen LogP contribution >= 0.6 is 0 Å². The molecule has 7 heteroatoms. The zero-order valence-electron chi connectivity index (χ0n) is 20.0. The molecule has 1 unspecified atom stereocenters. The fourth-order valence-electron chi connectivity index (χ4n) is 3.89. The summed E-state index contributed by atoms with van der Waals surface area (Å²) < 4.78 is 8.32. The van der Waals surface area contributed by atoms with Crippen molar-refractivity contribution in [3.63, 3.8) is 0 Å². The number of nitrogens with zero attached hydrogens (tertiary/aromatic N) is 3. The monoisotopic (exact) mass is 458 g/mol. The Kier molecular flexibility index (Phi) is 6.82. The van der Waals surface area contributed by atoms with E-state index in [0.29, 0.717) is 18.0 Å². The lowest BCUT2D eigenvalue weighted by molar-refractivity contribution is -0.121. The summed E-state index contributed by atoms with van der Waals surface area (Å²) in [5.74, 6) is 1.11. The van der Waals surface area contributed by atoms with Gasteiger partial charge in [0.25, 0.3) is 5.56 Å². The highest BCUT2D eigenvalue weighted by Crippen LogP contribution is 2.22. The number of aromatic nitrogens is 3. The fraction of sp³-hybridized carbons (Fsp3) is 0.296. The van der Waals surface area contributed by atoms with Gasteiger partial charge in [-0.25, -0.2) is 4.52 Å². The molecule has 0 aliphatic rings. The van der Waals surface area contributed by atoms with Crippen LogP contribution in [-0.2, 0) is 11.3 Å². The Morgan fingerprint density at radius 2 is 1.68 bits per heavy atom. The van der Waals surface area contributed by atoms with Gasteiger partial charge in [0, 0.05) is 30.9 Å². The van der Waals surface area contributed by atoms with Crippen molar-refractivity contribution >= 4 is 11.4 Å². The van der Waals surface area contributed by atoms with Gasteiger partial charge in [0.05, 0.1) is 18.8 Å². The molecule has 0 bridgehead atoms. The predicted octanol–water partition coefficient (Wildman–Crippen LogP) is 4.56. The number of ether oxygens (including phenoxy) is 1. The quantitative estimate of drug-likeness (QED) is 0.420. The van der Waals surface area contributed by atoms with Crippen molar-refractivity contribution in [3.05, 3.63) is 88.5 Å². The summed E-state index contributed by atoms with van der Waals surface area (Å²) in [6, 6.07) is 17.5. The molecule has 0 aliphatic heterocycles. The number of nitrogens with one attached hydrogen (secondary N) is 1. The number of hydrogen-bond donors (Lipinski definition) is 1. The van der Waals surface area contributed by atoms with Crippen molar-refractivity contribution in [3.8, 4) is 17.0 Å². The van der Waals surface area contributed by atoms with Gasteiger partial charge in [-0.05, 0) is 42.2 Å². The summed E-state index contributed by atoms with van der Waals surface area (Å²) >= 11 is 0. The number of carbonyl (C=O) groups excluding carboxylic acids is 1. The van der Waals surface area contributed by atoms with E-state index in [2.05, 4.69) is 36.4 Å². The standard InChI is InChI=1S/C27H30N4O3/c1-18(2)20-5-7-22(8-6-20)24-17-25-27(33)30(15-16-31(25)29-24)14-13-26(32)28-19(3)21-9-11-23(34-4)12-10-21/h5-12,15-19H,13-14H2,1-4H3,(H,28,32). The number of rotatable bonds is 8. The van der Waals surface area contributed by atoms with Gasteiger partial charge in [-0.2, -0.15) is 5.10 Å². The number of benzene rings is 2. The first-order valence-electron chi connectivity index (χ1n) is 11.5. The van der Waals surface area contributed by atoms with Crippen LogP contribution < -0.4 is 15.6 Å². The highest BCUT2D eigenvalue weighted by Gasteiger charge is 2.13. The van der Waals surface area contributed by atoms with Gasteiger partial charge in [-0.1, -0.05) is 50.2 Å². The maximum Gasteiger partial charge on any atom is 0.276 e. The maximum atomic E-state index is 13.0. The van der Waals surface area contributed by atoms with E-state index in [1.807, 2.05) is 43.3 Å². The van der Waals surface area contributed by atoms with Crippen LogP contribution in [0.25, 0.3) is 16.8 Å². The Labute approximate surface area is 199 Å². The van der Waals surface area contributed by atoms with Gasteiger partial charge in [-0.15, -0.1) is 0 Å². The third kappa shape index (κ3) is 5.03. The Morgan fingerprint density at radius 1 is 1.00 bits per heavy atom. The van der Waals surface area contributed by atoms with Crippen LogP contribution in [0, 0.1) is 0 Å². The number of hydrogen-bond acceptors (Lipinski definition) is 4. The smallest absolute Gasteiger partial charge is 0.276 e. The van der Waals surface area contributed by atoms with Crippen LogP contribution in [0.5, 0.6) is 5.75 Å². The molecule has 4 aromatic rings. The maximum absolute atomic E-state index is 13.0. The minimum Gasteiger partial charge on any atom is -0.497 e. The van der Waals surface area contributed by atoms with Gasteiger partial charge >= 0.3 is 0 Å².